The normalized spacial score (nSPS) is 22.4. The fourth-order valence-electron chi connectivity index (χ4n) is 2.72. The van der Waals surface area contributed by atoms with Crippen LogP contribution in [0.1, 0.15) is 44.6 Å². The van der Waals surface area contributed by atoms with Crippen LogP contribution in [0.5, 0.6) is 5.75 Å². The molecule has 0 amide bonds. The van der Waals surface area contributed by atoms with Crippen LogP contribution in [0.15, 0.2) is 24.3 Å². The molecule has 0 heterocycles. The van der Waals surface area contributed by atoms with Crippen molar-refractivity contribution >= 4 is 12.0 Å². The second kappa shape index (κ2) is 7.25. The number of halogens is 1. The number of hydrogen-bond donors (Lipinski definition) is 1. The molecule has 1 N–H and O–H groups in total. The first-order valence-corrected chi connectivity index (χ1v) is 7.45. The summed E-state index contributed by atoms with van der Waals surface area (Å²) in [5.41, 5.74) is 0.511. The third-order valence-corrected chi connectivity index (χ3v) is 4.04. The Morgan fingerprint density at radius 2 is 2.10 bits per heavy atom. The molecule has 1 aromatic rings. The summed E-state index contributed by atoms with van der Waals surface area (Å²) in [5, 5.41) is 8.55. The van der Waals surface area contributed by atoms with Crippen molar-refractivity contribution in [1.29, 1.82) is 0 Å². The van der Waals surface area contributed by atoms with E-state index in [9.17, 15) is 9.18 Å². The molecular formula is C17H21FO3. The SMILES string of the molecule is CCC1CCC(Oc2ccc(/C=C/C(=O)O)cc2F)CC1. The highest BCUT2D eigenvalue weighted by Gasteiger charge is 2.22. The van der Waals surface area contributed by atoms with E-state index in [1.807, 2.05) is 0 Å². The van der Waals surface area contributed by atoms with E-state index in [0.717, 1.165) is 37.7 Å². The molecule has 0 bridgehead atoms. The summed E-state index contributed by atoms with van der Waals surface area (Å²) in [6, 6.07) is 4.53. The van der Waals surface area contributed by atoms with Gasteiger partial charge in [-0.1, -0.05) is 19.4 Å². The fraction of sp³-hybridized carbons (Fsp3) is 0.471. The van der Waals surface area contributed by atoms with Crippen molar-refractivity contribution in [2.45, 2.75) is 45.1 Å². The van der Waals surface area contributed by atoms with Gasteiger partial charge < -0.3 is 9.84 Å². The lowest BCUT2D eigenvalue weighted by atomic mass is 9.86. The Labute approximate surface area is 124 Å². The lowest BCUT2D eigenvalue weighted by Crippen LogP contribution is -2.24. The van der Waals surface area contributed by atoms with Crippen molar-refractivity contribution in [1.82, 2.24) is 0 Å². The number of carboxylic acid groups (broad SMARTS) is 1. The van der Waals surface area contributed by atoms with Crippen molar-refractivity contribution in [3.8, 4) is 5.75 Å². The zero-order valence-corrected chi connectivity index (χ0v) is 12.2. The molecule has 3 nitrogen and oxygen atoms in total. The first kappa shape index (κ1) is 15.5. The van der Waals surface area contributed by atoms with Crippen molar-refractivity contribution in [3.63, 3.8) is 0 Å². The second-order valence-electron chi connectivity index (χ2n) is 5.53. The molecule has 21 heavy (non-hydrogen) atoms. The molecular weight excluding hydrogens is 271 g/mol. The quantitative estimate of drug-likeness (QED) is 0.824. The summed E-state index contributed by atoms with van der Waals surface area (Å²) in [6.45, 7) is 2.20. The minimum atomic E-state index is -1.05. The lowest BCUT2D eigenvalue weighted by molar-refractivity contribution is -0.131. The predicted molar refractivity (Wildman–Crippen MR) is 79.7 cm³/mol. The first-order valence-electron chi connectivity index (χ1n) is 7.45. The summed E-state index contributed by atoms with van der Waals surface area (Å²) in [4.78, 5) is 10.4. The summed E-state index contributed by atoms with van der Waals surface area (Å²) in [5.74, 6) is -0.468. The molecule has 1 fully saturated rings. The molecule has 0 radical (unpaired) electrons. The molecule has 0 unspecified atom stereocenters. The molecule has 0 atom stereocenters. The number of rotatable bonds is 5. The van der Waals surface area contributed by atoms with Gasteiger partial charge in [0.1, 0.15) is 0 Å². The molecule has 1 saturated carbocycles. The van der Waals surface area contributed by atoms with E-state index in [0.29, 0.717) is 5.56 Å². The van der Waals surface area contributed by atoms with Gasteiger partial charge in [-0.15, -0.1) is 0 Å². The van der Waals surface area contributed by atoms with Gasteiger partial charge in [0, 0.05) is 6.08 Å². The number of carbonyl (C=O) groups is 1. The lowest BCUT2D eigenvalue weighted by Gasteiger charge is -2.28. The Hall–Kier alpha value is -1.84. The topological polar surface area (TPSA) is 46.5 Å². The Morgan fingerprint density at radius 3 is 2.67 bits per heavy atom. The predicted octanol–water partition coefficient (Wildman–Crippen LogP) is 4.27. The van der Waals surface area contributed by atoms with Crippen LogP contribution in [-0.2, 0) is 4.79 Å². The monoisotopic (exact) mass is 292 g/mol. The molecule has 0 aliphatic heterocycles. The first-order chi connectivity index (χ1) is 10.1. The van der Waals surface area contributed by atoms with Gasteiger partial charge in [0.2, 0.25) is 0 Å². The van der Waals surface area contributed by atoms with Crippen LogP contribution in [0.3, 0.4) is 0 Å². The maximum atomic E-state index is 14.0. The largest absolute Gasteiger partial charge is 0.487 e. The Bertz CT molecular complexity index is 517. The van der Waals surface area contributed by atoms with Crippen molar-refractivity contribution < 1.29 is 19.0 Å². The fourth-order valence-corrected chi connectivity index (χ4v) is 2.72. The van der Waals surface area contributed by atoms with Gasteiger partial charge >= 0.3 is 5.97 Å². The summed E-state index contributed by atoms with van der Waals surface area (Å²) < 4.78 is 19.7. The number of aliphatic carboxylic acids is 1. The van der Waals surface area contributed by atoms with E-state index in [-0.39, 0.29) is 11.9 Å². The molecule has 0 spiro atoms. The highest BCUT2D eigenvalue weighted by Crippen LogP contribution is 2.30. The van der Waals surface area contributed by atoms with E-state index in [1.165, 1.54) is 18.6 Å². The van der Waals surface area contributed by atoms with Crippen molar-refractivity contribution in [3.05, 3.63) is 35.7 Å². The Kier molecular flexibility index (Phi) is 5.37. The minimum Gasteiger partial charge on any atom is -0.487 e. The molecule has 1 aromatic carbocycles. The average Bonchev–Trinajstić information content (AvgIpc) is 2.48. The average molecular weight is 292 g/mol. The standard InChI is InChI=1S/C17H21FO3/c1-2-12-3-7-14(8-4-12)21-16-9-5-13(11-15(16)18)6-10-17(19)20/h5-6,9-12,14H,2-4,7-8H2,1H3,(H,19,20)/b10-6+. The van der Waals surface area contributed by atoms with Crippen LogP contribution in [0, 0.1) is 11.7 Å². The summed E-state index contributed by atoms with van der Waals surface area (Å²) in [7, 11) is 0. The van der Waals surface area contributed by atoms with Crippen molar-refractivity contribution in [2.75, 3.05) is 0 Å². The Balaban J connectivity index is 1.97. The number of benzene rings is 1. The highest BCUT2D eigenvalue weighted by atomic mass is 19.1. The van der Waals surface area contributed by atoms with Crippen LogP contribution in [0.2, 0.25) is 0 Å². The maximum Gasteiger partial charge on any atom is 0.328 e. The molecule has 1 aliphatic carbocycles. The molecule has 0 aromatic heterocycles. The van der Waals surface area contributed by atoms with Gasteiger partial charge in [-0.25, -0.2) is 9.18 Å². The van der Waals surface area contributed by atoms with Crippen LogP contribution in [-0.4, -0.2) is 17.2 Å². The number of hydrogen-bond acceptors (Lipinski definition) is 2. The summed E-state index contributed by atoms with van der Waals surface area (Å²) >= 11 is 0. The molecule has 4 heteroatoms. The van der Waals surface area contributed by atoms with E-state index in [1.54, 1.807) is 12.1 Å². The highest BCUT2D eigenvalue weighted by molar-refractivity contribution is 5.85. The van der Waals surface area contributed by atoms with Gasteiger partial charge in [0.15, 0.2) is 11.6 Å². The van der Waals surface area contributed by atoms with Crippen LogP contribution >= 0.6 is 0 Å². The van der Waals surface area contributed by atoms with Crippen LogP contribution < -0.4 is 4.74 Å². The molecule has 1 aliphatic rings. The third-order valence-electron chi connectivity index (χ3n) is 4.04. The second-order valence-corrected chi connectivity index (χ2v) is 5.53. The van der Waals surface area contributed by atoms with Gasteiger partial charge in [0.25, 0.3) is 0 Å². The number of carboxylic acids is 1. The van der Waals surface area contributed by atoms with E-state index < -0.39 is 11.8 Å². The molecule has 114 valence electrons. The van der Waals surface area contributed by atoms with Gasteiger partial charge in [-0.3, -0.25) is 0 Å². The van der Waals surface area contributed by atoms with E-state index >= 15 is 0 Å². The zero-order valence-electron chi connectivity index (χ0n) is 12.2. The molecule has 0 saturated heterocycles. The van der Waals surface area contributed by atoms with Gasteiger partial charge in [0.05, 0.1) is 6.10 Å². The van der Waals surface area contributed by atoms with Crippen LogP contribution in [0.4, 0.5) is 4.39 Å². The Morgan fingerprint density at radius 1 is 1.38 bits per heavy atom. The smallest absolute Gasteiger partial charge is 0.328 e. The van der Waals surface area contributed by atoms with Gasteiger partial charge in [-0.2, -0.15) is 0 Å². The number of ether oxygens (including phenoxy) is 1. The maximum absolute atomic E-state index is 14.0. The van der Waals surface area contributed by atoms with Crippen LogP contribution in [0.25, 0.3) is 6.08 Å². The minimum absolute atomic E-state index is 0.0858. The molecule has 2 rings (SSSR count). The van der Waals surface area contributed by atoms with Crippen molar-refractivity contribution in [2.24, 2.45) is 5.92 Å². The van der Waals surface area contributed by atoms with E-state index in [4.69, 9.17) is 9.84 Å². The van der Waals surface area contributed by atoms with E-state index in [2.05, 4.69) is 6.92 Å². The summed E-state index contributed by atoms with van der Waals surface area (Å²) in [6.07, 6.45) is 7.86. The third kappa shape index (κ3) is 4.59. The van der Waals surface area contributed by atoms with Gasteiger partial charge in [-0.05, 0) is 55.4 Å². The zero-order chi connectivity index (χ0) is 15.2.